The fraction of sp³-hybridized carbons (Fsp3) is 0.571. The van der Waals surface area contributed by atoms with Gasteiger partial charge in [-0.3, -0.25) is 0 Å². The Morgan fingerprint density at radius 1 is 1.26 bits per heavy atom. The molecule has 1 saturated heterocycles. The molecule has 2 rings (SSSR count). The van der Waals surface area contributed by atoms with Gasteiger partial charge in [0.15, 0.2) is 0 Å². The molecule has 0 amide bonds. The van der Waals surface area contributed by atoms with Crippen LogP contribution in [0.3, 0.4) is 0 Å². The predicted molar refractivity (Wildman–Crippen MR) is 69.4 cm³/mol. The van der Waals surface area contributed by atoms with Crippen molar-refractivity contribution >= 4 is 5.69 Å². The van der Waals surface area contributed by atoms with Gasteiger partial charge in [0.2, 0.25) is 0 Å². The van der Waals surface area contributed by atoms with Crippen LogP contribution in [-0.4, -0.2) is 25.0 Å². The molecule has 0 bridgehead atoms. The van der Waals surface area contributed by atoms with Crippen molar-refractivity contribution < 1.29 is 13.2 Å². The molecule has 0 radical (unpaired) electrons. The van der Waals surface area contributed by atoms with E-state index >= 15 is 0 Å². The third-order valence-corrected chi connectivity index (χ3v) is 3.76. The van der Waals surface area contributed by atoms with E-state index in [2.05, 4.69) is 4.90 Å². The van der Waals surface area contributed by atoms with Crippen molar-refractivity contribution in [3.05, 3.63) is 35.1 Å². The molecule has 1 fully saturated rings. The molecule has 0 spiro atoms. The van der Waals surface area contributed by atoms with Crippen LogP contribution < -0.4 is 0 Å². The molecule has 1 N–H and O–H groups in total. The Labute approximate surface area is 111 Å². The summed E-state index contributed by atoms with van der Waals surface area (Å²) in [6, 6.07) is 3.84. The molecule has 1 heterocycles. The number of hydrogen-bond acceptors (Lipinski definition) is 1. The number of alkyl halides is 3. The molecule has 0 aromatic heterocycles. The molecular weight excluding hydrogens is 253 g/mol. The minimum atomic E-state index is -4.36. The SMILES string of the molecule is CN1CCC(Cc2ccc([NH-])cc2C(F)(F)F)CC1. The van der Waals surface area contributed by atoms with Crippen LogP contribution in [0, 0.1) is 5.92 Å². The van der Waals surface area contributed by atoms with Crippen LogP contribution in [0.5, 0.6) is 0 Å². The first-order valence-electron chi connectivity index (χ1n) is 6.46. The lowest BCUT2D eigenvalue weighted by molar-refractivity contribution is -0.138. The van der Waals surface area contributed by atoms with Crippen LogP contribution in [0.4, 0.5) is 18.9 Å². The number of nitrogens with one attached hydrogen (secondary N) is 1. The number of halogens is 3. The minimum Gasteiger partial charge on any atom is -0.699 e. The summed E-state index contributed by atoms with van der Waals surface area (Å²) in [5.74, 6) is 0.314. The van der Waals surface area contributed by atoms with E-state index in [-0.39, 0.29) is 5.69 Å². The van der Waals surface area contributed by atoms with E-state index in [0.29, 0.717) is 17.9 Å². The van der Waals surface area contributed by atoms with E-state index in [1.165, 1.54) is 12.1 Å². The first-order valence-corrected chi connectivity index (χ1v) is 6.46. The smallest absolute Gasteiger partial charge is 0.416 e. The van der Waals surface area contributed by atoms with E-state index in [0.717, 1.165) is 32.0 Å². The Morgan fingerprint density at radius 3 is 2.47 bits per heavy atom. The van der Waals surface area contributed by atoms with Crippen molar-refractivity contribution in [1.82, 2.24) is 4.90 Å². The third-order valence-electron chi connectivity index (χ3n) is 3.76. The van der Waals surface area contributed by atoms with Gasteiger partial charge in [-0.2, -0.15) is 13.2 Å². The lowest BCUT2D eigenvalue weighted by atomic mass is 9.88. The van der Waals surface area contributed by atoms with Crippen LogP contribution in [0.1, 0.15) is 24.0 Å². The normalized spacial score (nSPS) is 18.7. The zero-order chi connectivity index (χ0) is 14.0. The molecule has 1 aromatic rings. The summed E-state index contributed by atoms with van der Waals surface area (Å²) in [4.78, 5) is 2.20. The first-order chi connectivity index (χ1) is 8.86. The summed E-state index contributed by atoms with van der Waals surface area (Å²) in [6.07, 6.45) is -2.02. The summed E-state index contributed by atoms with van der Waals surface area (Å²) >= 11 is 0. The minimum absolute atomic E-state index is 0.0838. The zero-order valence-electron chi connectivity index (χ0n) is 10.9. The maximum atomic E-state index is 13.0. The van der Waals surface area contributed by atoms with Crippen molar-refractivity contribution in [3.63, 3.8) is 0 Å². The van der Waals surface area contributed by atoms with Crippen molar-refractivity contribution in [2.75, 3.05) is 20.1 Å². The van der Waals surface area contributed by atoms with Gasteiger partial charge in [0, 0.05) is 0 Å². The van der Waals surface area contributed by atoms with E-state index in [9.17, 15) is 13.2 Å². The molecule has 0 atom stereocenters. The second-order valence-corrected chi connectivity index (χ2v) is 5.32. The van der Waals surface area contributed by atoms with E-state index in [1.54, 1.807) is 0 Å². The number of likely N-dealkylation sites (tertiary alicyclic amines) is 1. The quantitative estimate of drug-likeness (QED) is 0.789. The van der Waals surface area contributed by atoms with Gasteiger partial charge in [-0.15, -0.1) is 5.69 Å². The van der Waals surface area contributed by atoms with Gasteiger partial charge in [-0.05, 0) is 50.9 Å². The highest BCUT2D eigenvalue weighted by Crippen LogP contribution is 2.36. The molecule has 2 nitrogen and oxygen atoms in total. The average molecular weight is 271 g/mol. The molecule has 1 aliphatic rings. The number of nitrogens with zero attached hydrogens (tertiary/aromatic N) is 1. The van der Waals surface area contributed by atoms with Crippen LogP contribution in [0.15, 0.2) is 18.2 Å². The fourth-order valence-corrected chi connectivity index (χ4v) is 2.60. The average Bonchev–Trinajstić information content (AvgIpc) is 2.33. The first kappa shape index (κ1) is 14.2. The van der Waals surface area contributed by atoms with Crippen LogP contribution in [0.25, 0.3) is 5.73 Å². The number of piperidine rings is 1. The molecular formula is C14H18F3N2-. The van der Waals surface area contributed by atoms with Crippen LogP contribution >= 0.6 is 0 Å². The molecule has 0 aliphatic carbocycles. The van der Waals surface area contributed by atoms with Crippen molar-refractivity contribution in [2.45, 2.75) is 25.4 Å². The van der Waals surface area contributed by atoms with E-state index < -0.39 is 11.7 Å². The Kier molecular flexibility index (Phi) is 4.04. The van der Waals surface area contributed by atoms with Crippen LogP contribution in [-0.2, 0) is 12.6 Å². The Hall–Kier alpha value is -1.23. The Balaban J connectivity index is 2.16. The molecule has 0 unspecified atom stereocenters. The monoisotopic (exact) mass is 271 g/mol. The standard InChI is InChI=1S/C14H18F3N2/c1-19-6-4-10(5-7-19)8-11-2-3-12(18)9-13(11)14(15,16)17/h2-3,9-10,18H,4-8H2,1H3/q-1. The highest BCUT2D eigenvalue weighted by molar-refractivity contribution is 5.49. The van der Waals surface area contributed by atoms with Gasteiger partial charge in [0.25, 0.3) is 0 Å². The summed E-state index contributed by atoms with van der Waals surface area (Å²) in [5.41, 5.74) is 6.96. The molecule has 1 aromatic carbocycles. The number of benzene rings is 1. The van der Waals surface area contributed by atoms with E-state index in [1.807, 2.05) is 7.05 Å². The Morgan fingerprint density at radius 2 is 1.89 bits per heavy atom. The number of rotatable bonds is 2. The van der Waals surface area contributed by atoms with Gasteiger partial charge in [-0.25, -0.2) is 0 Å². The Bertz CT molecular complexity index is 435. The topological polar surface area (TPSA) is 27.0 Å². The van der Waals surface area contributed by atoms with Gasteiger partial charge < -0.3 is 10.6 Å². The molecule has 0 saturated carbocycles. The molecule has 106 valence electrons. The number of hydrogen-bond donors (Lipinski definition) is 0. The van der Waals surface area contributed by atoms with Crippen LogP contribution in [0.2, 0.25) is 0 Å². The predicted octanol–water partition coefficient (Wildman–Crippen LogP) is 4.27. The van der Waals surface area contributed by atoms with Gasteiger partial charge in [0.1, 0.15) is 0 Å². The highest BCUT2D eigenvalue weighted by atomic mass is 19.4. The molecule has 1 aliphatic heterocycles. The van der Waals surface area contributed by atoms with Gasteiger partial charge in [0.05, 0.1) is 5.56 Å². The lowest BCUT2D eigenvalue weighted by Crippen LogP contribution is -2.31. The maximum absolute atomic E-state index is 13.0. The fourth-order valence-electron chi connectivity index (χ4n) is 2.60. The second-order valence-electron chi connectivity index (χ2n) is 5.32. The molecule has 5 heteroatoms. The third kappa shape index (κ3) is 3.62. The zero-order valence-corrected chi connectivity index (χ0v) is 10.9. The van der Waals surface area contributed by atoms with E-state index in [4.69, 9.17) is 5.73 Å². The highest BCUT2D eigenvalue weighted by Gasteiger charge is 2.33. The largest absolute Gasteiger partial charge is 0.699 e. The second kappa shape index (κ2) is 5.41. The summed E-state index contributed by atoms with van der Waals surface area (Å²) < 4.78 is 38.9. The summed E-state index contributed by atoms with van der Waals surface area (Å²) in [6.45, 7) is 1.89. The summed E-state index contributed by atoms with van der Waals surface area (Å²) in [7, 11) is 2.03. The van der Waals surface area contributed by atoms with Gasteiger partial charge in [-0.1, -0.05) is 18.2 Å². The van der Waals surface area contributed by atoms with Gasteiger partial charge >= 0.3 is 6.18 Å². The molecule has 19 heavy (non-hydrogen) atoms. The van der Waals surface area contributed by atoms with Crippen molar-refractivity contribution in [3.8, 4) is 0 Å². The lowest BCUT2D eigenvalue weighted by Gasteiger charge is -2.29. The maximum Gasteiger partial charge on any atom is 0.416 e. The summed E-state index contributed by atoms with van der Waals surface area (Å²) in [5, 5.41) is 0. The van der Waals surface area contributed by atoms with Crippen molar-refractivity contribution in [2.24, 2.45) is 5.92 Å². The van der Waals surface area contributed by atoms with Crippen molar-refractivity contribution in [1.29, 1.82) is 0 Å².